The summed E-state index contributed by atoms with van der Waals surface area (Å²) in [6.07, 6.45) is 3.29. The van der Waals surface area contributed by atoms with Gasteiger partial charge >= 0.3 is 0 Å². The summed E-state index contributed by atoms with van der Waals surface area (Å²) < 4.78 is 11.2. The molecule has 0 saturated heterocycles. The maximum Gasteiger partial charge on any atom is 0.159 e. The molecule has 1 aromatic carbocycles. The molecule has 1 aromatic heterocycles. The minimum Gasteiger partial charge on any atom is -0.507 e. The topological polar surface area (TPSA) is 66.3 Å². The van der Waals surface area contributed by atoms with E-state index in [9.17, 15) is 9.32 Å². The Morgan fingerprint density at radius 2 is 1.82 bits per heavy atom. The number of nitrogens with zero attached hydrogens (tertiary/aromatic N) is 3. The van der Waals surface area contributed by atoms with Gasteiger partial charge in [-0.3, -0.25) is 4.21 Å². The molecule has 0 radical (unpaired) electrons. The zero-order chi connectivity index (χ0) is 15.7. The summed E-state index contributed by atoms with van der Waals surface area (Å²) in [6, 6.07) is 6.32. The highest BCUT2D eigenvalue weighted by atomic mass is 35.5. The lowest BCUT2D eigenvalue weighted by Crippen LogP contribution is -2.12. The normalized spacial score (nSPS) is 14.5. The number of benzene rings is 1. The first-order valence-corrected chi connectivity index (χ1v) is 8.14. The first-order valence-electron chi connectivity index (χ1n) is 6.11. The van der Waals surface area contributed by atoms with Crippen molar-refractivity contribution in [3.8, 4) is 17.0 Å². The predicted octanol–water partition coefficient (Wildman–Crippen LogP) is 3.67. The zero-order valence-electron chi connectivity index (χ0n) is 11.0. The summed E-state index contributed by atoms with van der Waals surface area (Å²) >= 11 is 11.9. The predicted molar refractivity (Wildman–Crippen MR) is 88.1 cm³/mol. The van der Waals surface area contributed by atoms with Crippen molar-refractivity contribution < 1.29 is 9.32 Å². The van der Waals surface area contributed by atoms with E-state index < -0.39 is 10.8 Å². The van der Waals surface area contributed by atoms with Crippen LogP contribution in [0.25, 0.3) is 11.3 Å². The van der Waals surface area contributed by atoms with Gasteiger partial charge in [-0.2, -0.15) is 0 Å². The number of halogens is 2. The van der Waals surface area contributed by atoms with Gasteiger partial charge in [-0.1, -0.05) is 23.2 Å². The van der Waals surface area contributed by atoms with Gasteiger partial charge in [0.25, 0.3) is 0 Å². The van der Waals surface area contributed by atoms with Gasteiger partial charge in [0, 0.05) is 28.2 Å². The molecule has 3 rings (SSSR count). The van der Waals surface area contributed by atoms with Crippen LogP contribution >= 0.6 is 23.2 Å². The summed E-state index contributed by atoms with van der Waals surface area (Å²) in [7, 11) is -1.09. The van der Waals surface area contributed by atoms with E-state index in [-0.39, 0.29) is 5.75 Å². The average Bonchev–Trinajstić information content (AvgIpc) is 2.48. The molecule has 0 spiro atoms. The molecule has 2 aromatic rings. The van der Waals surface area contributed by atoms with E-state index in [4.69, 9.17) is 23.2 Å². The van der Waals surface area contributed by atoms with Crippen LogP contribution in [0.5, 0.6) is 5.75 Å². The molecular weight excluding hydrogens is 345 g/mol. The third-order valence-electron chi connectivity index (χ3n) is 2.92. The van der Waals surface area contributed by atoms with E-state index in [2.05, 4.69) is 10.2 Å². The van der Waals surface area contributed by atoms with E-state index in [0.717, 1.165) is 0 Å². The molecule has 22 heavy (non-hydrogen) atoms. The maximum absolute atomic E-state index is 11.2. The van der Waals surface area contributed by atoms with Crippen molar-refractivity contribution >= 4 is 39.8 Å². The summed E-state index contributed by atoms with van der Waals surface area (Å²) in [6.45, 7) is 0. The van der Waals surface area contributed by atoms with Crippen LogP contribution in [0.2, 0.25) is 10.0 Å². The van der Waals surface area contributed by atoms with Gasteiger partial charge in [-0.15, -0.1) is 10.2 Å². The molecule has 1 aliphatic rings. The minimum atomic E-state index is -1.09. The van der Waals surface area contributed by atoms with Crippen LogP contribution in [-0.4, -0.2) is 19.5 Å². The lowest BCUT2D eigenvalue weighted by atomic mass is 10.1. The summed E-state index contributed by atoms with van der Waals surface area (Å²) in [5.74, 6) is 0.491. The summed E-state index contributed by atoms with van der Waals surface area (Å²) in [4.78, 5) is 1.68. The van der Waals surface area contributed by atoms with Crippen molar-refractivity contribution in [3.63, 3.8) is 0 Å². The quantitative estimate of drug-likeness (QED) is 0.892. The van der Waals surface area contributed by atoms with E-state index in [1.54, 1.807) is 29.4 Å². The van der Waals surface area contributed by atoms with Crippen molar-refractivity contribution in [3.05, 3.63) is 57.5 Å². The minimum absolute atomic E-state index is 0.0623. The molecule has 1 aliphatic heterocycles. The van der Waals surface area contributed by atoms with E-state index in [0.29, 0.717) is 27.1 Å². The fraction of sp³-hybridized carbons (Fsp3) is 0. The number of phenolic OH excluding ortho intramolecular Hbond substituents is 1. The van der Waals surface area contributed by atoms with Gasteiger partial charge in [0.15, 0.2) is 5.82 Å². The fourth-order valence-electron chi connectivity index (χ4n) is 1.91. The molecule has 112 valence electrons. The zero-order valence-corrected chi connectivity index (χ0v) is 13.3. The monoisotopic (exact) mass is 353 g/mol. The molecule has 0 unspecified atom stereocenters. The van der Waals surface area contributed by atoms with Gasteiger partial charge in [0.05, 0.1) is 27.1 Å². The third-order valence-corrected chi connectivity index (χ3v) is 4.21. The van der Waals surface area contributed by atoms with Crippen LogP contribution in [0.1, 0.15) is 0 Å². The Hall–Kier alpha value is -1.89. The Kier molecular flexibility index (Phi) is 4.15. The highest BCUT2D eigenvalue weighted by Gasteiger charge is 2.14. The van der Waals surface area contributed by atoms with Gasteiger partial charge in [0.1, 0.15) is 5.75 Å². The highest BCUT2D eigenvalue weighted by molar-refractivity contribution is 7.90. The molecule has 0 bridgehead atoms. The standard InChI is InChI=1S/C14H9Cl2N3O2S/c15-9-7-10(16)14(12(20)8-9)11-1-2-13(18-17-11)19-3-5-22(21)6-4-19/h1-8,20H. The smallest absolute Gasteiger partial charge is 0.159 e. The maximum atomic E-state index is 11.2. The first kappa shape index (κ1) is 15.0. The number of hydrogen-bond donors (Lipinski definition) is 1. The Morgan fingerprint density at radius 1 is 1.09 bits per heavy atom. The molecule has 5 nitrogen and oxygen atoms in total. The molecule has 8 heteroatoms. The number of hydrogen-bond acceptors (Lipinski definition) is 5. The second-order valence-electron chi connectivity index (χ2n) is 4.36. The summed E-state index contributed by atoms with van der Waals surface area (Å²) in [5.41, 5.74) is 0.799. The Balaban J connectivity index is 1.94. The van der Waals surface area contributed by atoms with Gasteiger partial charge in [-0.05, 0) is 24.3 Å². The molecule has 0 saturated carbocycles. The molecule has 0 amide bonds. The second kappa shape index (κ2) is 6.08. The van der Waals surface area contributed by atoms with E-state index in [1.165, 1.54) is 22.9 Å². The first-order chi connectivity index (χ1) is 10.5. The molecular formula is C14H9Cl2N3O2S. The van der Waals surface area contributed by atoms with Crippen LogP contribution in [0.15, 0.2) is 47.5 Å². The number of anilines is 1. The molecule has 2 heterocycles. The van der Waals surface area contributed by atoms with Crippen LogP contribution in [0.3, 0.4) is 0 Å². The molecule has 0 fully saturated rings. The van der Waals surface area contributed by atoms with Gasteiger partial charge in [-0.25, -0.2) is 0 Å². The van der Waals surface area contributed by atoms with Crippen molar-refractivity contribution in [2.24, 2.45) is 0 Å². The number of aromatic hydroxyl groups is 1. The molecule has 0 aliphatic carbocycles. The van der Waals surface area contributed by atoms with Crippen LogP contribution in [0.4, 0.5) is 5.82 Å². The Morgan fingerprint density at radius 3 is 2.41 bits per heavy atom. The molecule has 1 N–H and O–H groups in total. The second-order valence-corrected chi connectivity index (χ2v) is 6.41. The lowest BCUT2D eigenvalue weighted by molar-refractivity contribution is 0.477. The highest BCUT2D eigenvalue weighted by Crippen LogP contribution is 2.37. The SMILES string of the molecule is O=S1C=CN(c2ccc(-c3c(O)cc(Cl)cc3Cl)nn2)C=C1. The van der Waals surface area contributed by atoms with Crippen LogP contribution in [0, 0.1) is 0 Å². The van der Waals surface area contributed by atoms with Crippen LogP contribution in [-0.2, 0) is 10.8 Å². The lowest BCUT2D eigenvalue weighted by Gasteiger charge is -2.16. The van der Waals surface area contributed by atoms with E-state index >= 15 is 0 Å². The Labute approximate surface area is 139 Å². The van der Waals surface area contributed by atoms with Crippen molar-refractivity contribution in [1.29, 1.82) is 0 Å². The number of rotatable bonds is 2. The van der Waals surface area contributed by atoms with Crippen molar-refractivity contribution in [1.82, 2.24) is 10.2 Å². The largest absolute Gasteiger partial charge is 0.507 e. The Bertz CT molecular complexity index is 767. The summed E-state index contributed by atoms with van der Waals surface area (Å²) in [5, 5.41) is 21.8. The van der Waals surface area contributed by atoms with Crippen LogP contribution < -0.4 is 4.90 Å². The number of aromatic nitrogens is 2. The molecule has 0 atom stereocenters. The van der Waals surface area contributed by atoms with Gasteiger partial charge < -0.3 is 10.0 Å². The van der Waals surface area contributed by atoms with Crippen molar-refractivity contribution in [2.75, 3.05) is 4.90 Å². The van der Waals surface area contributed by atoms with Crippen molar-refractivity contribution in [2.45, 2.75) is 0 Å². The van der Waals surface area contributed by atoms with Gasteiger partial charge in [0.2, 0.25) is 0 Å². The third kappa shape index (κ3) is 2.99. The van der Waals surface area contributed by atoms with E-state index in [1.807, 2.05) is 0 Å². The number of phenols is 1. The fourth-order valence-corrected chi connectivity index (χ4v) is 3.08. The average molecular weight is 354 g/mol.